The van der Waals surface area contributed by atoms with Crippen LogP contribution in [0.4, 0.5) is 18.9 Å². The van der Waals surface area contributed by atoms with Crippen LogP contribution in [0.3, 0.4) is 0 Å². The molecule has 2 fully saturated rings. The van der Waals surface area contributed by atoms with E-state index in [1.165, 1.54) is 57.3 Å². The van der Waals surface area contributed by atoms with Gasteiger partial charge in [-0.05, 0) is 113 Å². The van der Waals surface area contributed by atoms with Gasteiger partial charge in [0.25, 0.3) is 0 Å². The smallest absolute Gasteiger partial charge is 0.416 e. The first-order chi connectivity index (χ1) is 16.9. The van der Waals surface area contributed by atoms with Gasteiger partial charge in [0.2, 0.25) is 5.91 Å². The van der Waals surface area contributed by atoms with Crippen molar-refractivity contribution in [1.29, 1.82) is 0 Å². The molecule has 8 heteroatoms. The summed E-state index contributed by atoms with van der Waals surface area (Å²) in [6, 6.07) is 12.1. The van der Waals surface area contributed by atoms with Gasteiger partial charge in [-0.2, -0.15) is 13.2 Å². The van der Waals surface area contributed by atoms with Crippen LogP contribution in [0.15, 0.2) is 48.5 Å². The molecule has 0 unspecified atom stereocenters. The first-order valence-electron chi connectivity index (χ1n) is 12.6. The molecule has 0 bridgehead atoms. The van der Waals surface area contributed by atoms with Gasteiger partial charge in [0.1, 0.15) is 11.5 Å². The molecular weight excluding hydrogens is 455 g/mol. The molecule has 2 aromatic carbocycles. The van der Waals surface area contributed by atoms with Crippen LogP contribution in [-0.2, 0) is 11.0 Å². The van der Waals surface area contributed by atoms with E-state index in [0.717, 1.165) is 44.2 Å². The molecule has 0 saturated carbocycles. The summed E-state index contributed by atoms with van der Waals surface area (Å²) in [7, 11) is 0. The number of hydrogen-bond donors (Lipinski definition) is 1. The quantitative estimate of drug-likeness (QED) is 0.482. The monoisotopic (exact) mass is 489 g/mol. The average molecular weight is 490 g/mol. The minimum atomic E-state index is -4.37. The molecule has 2 aromatic rings. The Balaban J connectivity index is 1.14. The van der Waals surface area contributed by atoms with Crippen molar-refractivity contribution in [3.05, 3.63) is 54.1 Å². The first kappa shape index (κ1) is 25.5. The van der Waals surface area contributed by atoms with Crippen LogP contribution < -0.4 is 10.1 Å². The second kappa shape index (κ2) is 11.9. The van der Waals surface area contributed by atoms with Crippen LogP contribution in [0, 0.1) is 0 Å². The van der Waals surface area contributed by atoms with E-state index >= 15 is 0 Å². The predicted molar refractivity (Wildman–Crippen MR) is 131 cm³/mol. The molecular formula is C27H34F3N3O2. The van der Waals surface area contributed by atoms with Gasteiger partial charge in [0.05, 0.1) is 5.56 Å². The van der Waals surface area contributed by atoms with Gasteiger partial charge in [-0.25, -0.2) is 0 Å². The molecule has 35 heavy (non-hydrogen) atoms. The van der Waals surface area contributed by atoms with Gasteiger partial charge in [0.15, 0.2) is 0 Å². The number of carbonyl (C=O) groups excluding carboxylic acids is 1. The molecule has 4 rings (SSSR count). The van der Waals surface area contributed by atoms with E-state index < -0.39 is 11.7 Å². The summed E-state index contributed by atoms with van der Waals surface area (Å²) in [6.07, 6.45) is 3.43. The Morgan fingerprint density at radius 1 is 0.886 bits per heavy atom. The molecule has 1 N–H and O–H groups in total. The number of ether oxygens (including phenoxy) is 1. The number of anilines is 1. The summed E-state index contributed by atoms with van der Waals surface area (Å²) >= 11 is 0. The lowest BCUT2D eigenvalue weighted by Crippen LogP contribution is -2.46. The molecule has 2 heterocycles. The van der Waals surface area contributed by atoms with Crippen molar-refractivity contribution in [2.24, 2.45) is 0 Å². The van der Waals surface area contributed by atoms with E-state index in [1.54, 1.807) is 24.3 Å². The number of nitrogens with one attached hydrogen (secondary N) is 1. The Morgan fingerprint density at radius 2 is 1.49 bits per heavy atom. The molecule has 190 valence electrons. The SMILES string of the molecule is O=C(CCCN1CCC(N2CCCCC2)CC1)Nc1ccc(Oc2ccc(C(F)(F)F)cc2)cc1. The third-order valence-corrected chi connectivity index (χ3v) is 6.90. The number of halogens is 3. The lowest BCUT2D eigenvalue weighted by molar-refractivity contribution is -0.137. The summed E-state index contributed by atoms with van der Waals surface area (Å²) in [5, 5.41) is 2.90. The third kappa shape index (κ3) is 7.70. The fourth-order valence-electron chi connectivity index (χ4n) is 4.93. The lowest BCUT2D eigenvalue weighted by Gasteiger charge is -2.40. The van der Waals surface area contributed by atoms with Crippen molar-refractivity contribution < 1.29 is 22.7 Å². The summed E-state index contributed by atoms with van der Waals surface area (Å²) in [4.78, 5) is 17.5. The zero-order valence-corrected chi connectivity index (χ0v) is 20.0. The fraction of sp³-hybridized carbons (Fsp3) is 0.519. The molecule has 2 saturated heterocycles. The Kier molecular flexibility index (Phi) is 8.68. The van der Waals surface area contributed by atoms with E-state index in [1.807, 2.05) is 0 Å². The van der Waals surface area contributed by atoms with Crippen molar-refractivity contribution in [2.75, 3.05) is 38.0 Å². The Hall–Kier alpha value is -2.58. The number of rotatable bonds is 8. The Morgan fingerprint density at radius 3 is 2.09 bits per heavy atom. The van der Waals surface area contributed by atoms with Gasteiger partial charge >= 0.3 is 6.18 Å². The highest BCUT2D eigenvalue weighted by Gasteiger charge is 2.30. The highest BCUT2D eigenvalue weighted by Crippen LogP contribution is 2.31. The number of likely N-dealkylation sites (tertiary alicyclic amines) is 2. The van der Waals surface area contributed by atoms with E-state index in [-0.39, 0.29) is 5.91 Å². The van der Waals surface area contributed by atoms with Crippen LogP contribution in [0.5, 0.6) is 11.5 Å². The zero-order chi connectivity index (χ0) is 24.7. The molecule has 0 spiro atoms. The lowest BCUT2D eigenvalue weighted by atomic mass is 10.00. The van der Waals surface area contributed by atoms with Gasteiger partial charge in [-0.1, -0.05) is 6.42 Å². The number of alkyl halides is 3. The van der Waals surface area contributed by atoms with E-state index in [4.69, 9.17) is 4.74 Å². The second-order valence-corrected chi connectivity index (χ2v) is 9.47. The van der Waals surface area contributed by atoms with Crippen LogP contribution >= 0.6 is 0 Å². The van der Waals surface area contributed by atoms with Crippen LogP contribution in [-0.4, -0.2) is 54.5 Å². The molecule has 0 atom stereocenters. The van der Waals surface area contributed by atoms with E-state index in [0.29, 0.717) is 23.6 Å². The normalized spacial score (nSPS) is 18.4. The maximum atomic E-state index is 12.7. The maximum Gasteiger partial charge on any atom is 0.416 e. The van der Waals surface area contributed by atoms with E-state index in [9.17, 15) is 18.0 Å². The van der Waals surface area contributed by atoms with Crippen molar-refractivity contribution in [3.8, 4) is 11.5 Å². The standard InChI is InChI=1S/C27H34F3N3O2/c28-27(29,30)21-6-10-24(11-7-21)35-25-12-8-22(9-13-25)31-26(34)5-4-16-32-19-14-23(15-20-32)33-17-2-1-3-18-33/h6-13,23H,1-5,14-20H2,(H,31,34). The largest absolute Gasteiger partial charge is 0.457 e. The number of nitrogens with zero attached hydrogens (tertiary/aromatic N) is 2. The number of piperidine rings is 2. The van der Waals surface area contributed by atoms with E-state index in [2.05, 4.69) is 15.1 Å². The fourth-order valence-corrected chi connectivity index (χ4v) is 4.93. The highest BCUT2D eigenvalue weighted by molar-refractivity contribution is 5.90. The topological polar surface area (TPSA) is 44.8 Å². The van der Waals surface area contributed by atoms with Crippen LogP contribution in [0.1, 0.15) is 50.5 Å². The molecule has 2 aliphatic heterocycles. The number of amides is 1. The molecule has 0 aromatic heterocycles. The van der Waals surface area contributed by atoms with Crippen molar-refractivity contribution in [3.63, 3.8) is 0 Å². The summed E-state index contributed by atoms with van der Waals surface area (Å²) in [5.74, 6) is 0.773. The number of benzene rings is 2. The molecule has 1 amide bonds. The third-order valence-electron chi connectivity index (χ3n) is 6.90. The minimum Gasteiger partial charge on any atom is -0.457 e. The Labute approximate surface area is 205 Å². The van der Waals surface area contributed by atoms with Gasteiger partial charge < -0.3 is 19.9 Å². The van der Waals surface area contributed by atoms with Crippen molar-refractivity contribution in [2.45, 2.75) is 57.2 Å². The molecule has 5 nitrogen and oxygen atoms in total. The van der Waals surface area contributed by atoms with Crippen molar-refractivity contribution in [1.82, 2.24) is 9.80 Å². The maximum absolute atomic E-state index is 12.7. The second-order valence-electron chi connectivity index (χ2n) is 9.47. The predicted octanol–water partition coefficient (Wildman–Crippen LogP) is 6.17. The molecule has 0 radical (unpaired) electrons. The van der Waals surface area contributed by atoms with Gasteiger partial charge in [-0.15, -0.1) is 0 Å². The van der Waals surface area contributed by atoms with Crippen LogP contribution in [0.2, 0.25) is 0 Å². The molecule has 2 aliphatic rings. The summed E-state index contributed by atoms with van der Waals surface area (Å²) in [5.41, 5.74) is -0.0537. The number of carbonyl (C=O) groups is 1. The van der Waals surface area contributed by atoms with Crippen LogP contribution in [0.25, 0.3) is 0 Å². The van der Waals surface area contributed by atoms with Gasteiger partial charge in [-0.3, -0.25) is 4.79 Å². The van der Waals surface area contributed by atoms with Crippen molar-refractivity contribution >= 4 is 11.6 Å². The zero-order valence-electron chi connectivity index (χ0n) is 20.0. The average Bonchev–Trinajstić information content (AvgIpc) is 2.86. The summed E-state index contributed by atoms with van der Waals surface area (Å²) in [6.45, 7) is 5.69. The minimum absolute atomic E-state index is 0.0235. The number of hydrogen-bond acceptors (Lipinski definition) is 4. The van der Waals surface area contributed by atoms with Gasteiger partial charge in [0, 0.05) is 18.2 Å². The molecule has 0 aliphatic carbocycles. The highest BCUT2D eigenvalue weighted by atomic mass is 19.4. The Bertz CT molecular complexity index is 934. The first-order valence-corrected chi connectivity index (χ1v) is 12.6. The summed E-state index contributed by atoms with van der Waals surface area (Å²) < 4.78 is 43.6.